The van der Waals surface area contributed by atoms with E-state index in [2.05, 4.69) is 12.2 Å². The number of nitrogens with one attached hydrogen (secondary N) is 1. The Morgan fingerprint density at radius 2 is 2.00 bits per heavy atom. The highest BCUT2D eigenvalue weighted by atomic mass is 19.1. The highest BCUT2D eigenvalue weighted by molar-refractivity contribution is 5.18. The Bertz CT molecular complexity index is 358. The Labute approximate surface area is 110 Å². The molecule has 0 aliphatic heterocycles. The highest BCUT2D eigenvalue weighted by Gasteiger charge is 2.20. The third kappa shape index (κ3) is 3.81. The third-order valence-corrected chi connectivity index (χ3v) is 4.01. The van der Waals surface area contributed by atoms with Crippen molar-refractivity contribution in [1.82, 2.24) is 5.32 Å². The minimum absolute atomic E-state index is 0.0631. The summed E-state index contributed by atoms with van der Waals surface area (Å²) in [7, 11) is 0. The van der Waals surface area contributed by atoms with E-state index in [1.807, 2.05) is 12.1 Å². The molecular formula is C16H24FN. The predicted octanol–water partition coefficient (Wildman–Crippen LogP) is 3.93. The molecule has 100 valence electrons. The molecule has 0 spiro atoms. The van der Waals surface area contributed by atoms with Crippen LogP contribution in [0, 0.1) is 11.7 Å². The molecule has 1 saturated carbocycles. The van der Waals surface area contributed by atoms with Crippen LogP contribution in [-0.2, 0) is 6.42 Å². The molecule has 1 atom stereocenters. The quantitative estimate of drug-likeness (QED) is 0.805. The Morgan fingerprint density at radius 1 is 1.28 bits per heavy atom. The Hall–Kier alpha value is -0.890. The maximum Gasteiger partial charge on any atom is 0.126 e. The number of halogens is 1. The van der Waals surface area contributed by atoms with Crippen molar-refractivity contribution in [2.75, 3.05) is 6.54 Å². The van der Waals surface area contributed by atoms with Gasteiger partial charge in [-0.1, -0.05) is 50.8 Å². The molecule has 1 aromatic carbocycles. The lowest BCUT2D eigenvalue weighted by Crippen LogP contribution is -2.33. The van der Waals surface area contributed by atoms with Gasteiger partial charge in [0.1, 0.15) is 5.82 Å². The summed E-state index contributed by atoms with van der Waals surface area (Å²) >= 11 is 0. The van der Waals surface area contributed by atoms with Crippen LogP contribution in [0.3, 0.4) is 0 Å². The van der Waals surface area contributed by atoms with Gasteiger partial charge >= 0.3 is 0 Å². The number of hydrogen-bond acceptors (Lipinski definition) is 1. The van der Waals surface area contributed by atoms with Crippen molar-refractivity contribution in [3.8, 4) is 0 Å². The first-order chi connectivity index (χ1) is 8.79. The zero-order chi connectivity index (χ0) is 12.8. The summed E-state index contributed by atoms with van der Waals surface area (Å²) in [5.74, 6) is 0.785. The molecule has 18 heavy (non-hydrogen) atoms. The summed E-state index contributed by atoms with van der Waals surface area (Å²) in [5, 5.41) is 3.52. The summed E-state index contributed by atoms with van der Waals surface area (Å²) in [4.78, 5) is 0. The van der Waals surface area contributed by atoms with Gasteiger partial charge in [-0.15, -0.1) is 0 Å². The predicted molar refractivity (Wildman–Crippen MR) is 74.1 cm³/mol. The number of benzene rings is 1. The average Bonchev–Trinajstić information content (AvgIpc) is 2.85. The second-order valence-corrected chi connectivity index (χ2v) is 5.44. The van der Waals surface area contributed by atoms with Crippen molar-refractivity contribution in [1.29, 1.82) is 0 Å². The molecule has 1 aliphatic rings. The Morgan fingerprint density at radius 3 is 2.67 bits per heavy atom. The summed E-state index contributed by atoms with van der Waals surface area (Å²) < 4.78 is 13.7. The molecule has 0 radical (unpaired) electrons. The molecular weight excluding hydrogens is 225 g/mol. The van der Waals surface area contributed by atoms with E-state index in [1.165, 1.54) is 32.1 Å². The van der Waals surface area contributed by atoms with Crippen molar-refractivity contribution in [3.05, 3.63) is 35.6 Å². The number of rotatable bonds is 6. The van der Waals surface area contributed by atoms with E-state index in [9.17, 15) is 4.39 Å². The van der Waals surface area contributed by atoms with Crippen LogP contribution in [0.2, 0.25) is 0 Å². The smallest absolute Gasteiger partial charge is 0.126 e. The molecule has 0 heterocycles. The minimum atomic E-state index is -0.0631. The zero-order valence-corrected chi connectivity index (χ0v) is 11.3. The van der Waals surface area contributed by atoms with Crippen LogP contribution in [-0.4, -0.2) is 12.6 Å². The Kier molecular flexibility index (Phi) is 5.18. The van der Waals surface area contributed by atoms with Gasteiger partial charge in [0.15, 0.2) is 0 Å². The van der Waals surface area contributed by atoms with E-state index < -0.39 is 0 Å². The van der Waals surface area contributed by atoms with Gasteiger partial charge in [0, 0.05) is 6.04 Å². The SMILES string of the molecule is CCNC(Cc1ccccc1F)CC1CCCC1. The van der Waals surface area contributed by atoms with Crippen molar-refractivity contribution in [3.63, 3.8) is 0 Å². The van der Waals surface area contributed by atoms with Gasteiger partial charge in [-0.3, -0.25) is 0 Å². The molecule has 0 amide bonds. The van der Waals surface area contributed by atoms with Gasteiger partial charge in [0.25, 0.3) is 0 Å². The second-order valence-electron chi connectivity index (χ2n) is 5.44. The molecule has 0 bridgehead atoms. The van der Waals surface area contributed by atoms with E-state index in [1.54, 1.807) is 12.1 Å². The third-order valence-electron chi connectivity index (χ3n) is 4.01. The zero-order valence-electron chi connectivity index (χ0n) is 11.3. The normalized spacial score (nSPS) is 18.1. The van der Waals surface area contributed by atoms with Gasteiger partial charge in [0.05, 0.1) is 0 Å². The molecule has 2 rings (SSSR count). The standard InChI is InChI=1S/C16H24FN/c1-2-18-15(11-13-7-3-4-8-13)12-14-9-5-6-10-16(14)17/h5-6,9-10,13,15,18H,2-4,7-8,11-12H2,1H3. The van der Waals surface area contributed by atoms with E-state index in [0.29, 0.717) is 6.04 Å². The van der Waals surface area contributed by atoms with Crippen LogP contribution < -0.4 is 5.32 Å². The minimum Gasteiger partial charge on any atom is -0.314 e. The first-order valence-electron chi connectivity index (χ1n) is 7.26. The summed E-state index contributed by atoms with van der Waals surface area (Å²) in [6.07, 6.45) is 7.49. The monoisotopic (exact) mass is 249 g/mol. The fraction of sp³-hybridized carbons (Fsp3) is 0.625. The van der Waals surface area contributed by atoms with Crippen LogP contribution in [0.1, 0.15) is 44.6 Å². The van der Waals surface area contributed by atoms with E-state index in [-0.39, 0.29) is 5.82 Å². The fourth-order valence-corrected chi connectivity index (χ4v) is 3.11. The van der Waals surface area contributed by atoms with Gasteiger partial charge in [0.2, 0.25) is 0 Å². The molecule has 1 unspecified atom stereocenters. The second kappa shape index (κ2) is 6.89. The van der Waals surface area contributed by atoms with Crippen LogP contribution in [0.15, 0.2) is 24.3 Å². The molecule has 0 aromatic heterocycles. The molecule has 1 fully saturated rings. The van der Waals surface area contributed by atoms with E-state index in [0.717, 1.165) is 24.4 Å². The first-order valence-corrected chi connectivity index (χ1v) is 7.26. The van der Waals surface area contributed by atoms with Crippen LogP contribution in [0.5, 0.6) is 0 Å². The summed E-state index contributed by atoms with van der Waals surface area (Å²) in [5.41, 5.74) is 0.849. The molecule has 1 nitrogen and oxygen atoms in total. The maximum atomic E-state index is 13.7. The Balaban J connectivity index is 1.94. The van der Waals surface area contributed by atoms with Gasteiger partial charge in [-0.05, 0) is 36.9 Å². The van der Waals surface area contributed by atoms with Crippen molar-refractivity contribution in [2.24, 2.45) is 5.92 Å². The van der Waals surface area contributed by atoms with Gasteiger partial charge in [-0.25, -0.2) is 4.39 Å². The average molecular weight is 249 g/mol. The fourth-order valence-electron chi connectivity index (χ4n) is 3.11. The van der Waals surface area contributed by atoms with E-state index >= 15 is 0 Å². The van der Waals surface area contributed by atoms with Crippen LogP contribution in [0.25, 0.3) is 0 Å². The number of likely N-dealkylation sites (N-methyl/N-ethyl adjacent to an activating group) is 1. The van der Waals surface area contributed by atoms with Gasteiger partial charge in [-0.2, -0.15) is 0 Å². The number of hydrogen-bond donors (Lipinski definition) is 1. The molecule has 1 aliphatic carbocycles. The van der Waals surface area contributed by atoms with Crippen LogP contribution >= 0.6 is 0 Å². The maximum absolute atomic E-state index is 13.7. The molecule has 1 aromatic rings. The van der Waals surface area contributed by atoms with Crippen molar-refractivity contribution < 1.29 is 4.39 Å². The highest BCUT2D eigenvalue weighted by Crippen LogP contribution is 2.29. The molecule has 1 N–H and O–H groups in total. The molecule has 2 heteroatoms. The largest absolute Gasteiger partial charge is 0.314 e. The van der Waals surface area contributed by atoms with Crippen molar-refractivity contribution >= 4 is 0 Å². The van der Waals surface area contributed by atoms with E-state index in [4.69, 9.17) is 0 Å². The lowest BCUT2D eigenvalue weighted by Gasteiger charge is -2.21. The van der Waals surface area contributed by atoms with Crippen LogP contribution in [0.4, 0.5) is 4.39 Å². The first kappa shape index (κ1) is 13.5. The van der Waals surface area contributed by atoms with Gasteiger partial charge < -0.3 is 5.32 Å². The lowest BCUT2D eigenvalue weighted by atomic mass is 9.94. The molecule has 0 saturated heterocycles. The summed E-state index contributed by atoms with van der Waals surface area (Å²) in [6, 6.07) is 7.59. The lowest BCUT2D eigenvalue weighted by molar-refractivity contribution is 0.387. The van der Waals surface area contributed by atoms with Crippen molar-refractivity contribution in [2.45, 2.75) is 51.5 Å². The topological polar surface area (TPSA) is 12.0 Å². The summed E-state index contributed by atoms with van der Waals surface area (Å²) in [6.45, 7) is 3.09.